The van der Waals surface area contributed by atoms with E-state index in [9.17, 15) is 0 Å². The van der Waals surface area contributed by atoms with Crippen molar-refractivity contribution in [3.63, 3.8) is 0 Å². The summed E-state index contributed by atoms with van der Waals surface area (Å²) in [7, 11) is 1.90. The van der Waals surface area contributed by atoms with Crippen LogP contribution in [0.1, 0.15) is 12.0 Å². The standard InChI is InChI=1S/C11H14N2/c1-13-11-7-4-6-10(9-11)5-2-3-8-12/h4,6-7,9,13H,3,8,12H2,1H3. The van der Waals surface area contributed by atoms with Crippen LogP contribution in [0.15, 0.2) is 24.3 Å². The summed E-state index contributed by atoms with van der Waals surface area (Å²) in [5, 5.41) is 3.07. The lowest BCUT2D eigenvalue weighted by molar-refractivity contribution is 1.03. The molecule has 1 rings (SSSR count). The van der Waals surface area contributed by atoms with Gasteiger partial charge in [-0.2, -0.15) is 0 Å². The van der Waals surface area contributed by atoms with Crippen molar-refractivity contribution in [3.8, 4) is 11.8 Å². The van der Waals surface area contributed by atoms with E-state index in [1.165, 1.54) is 0 Å². The molecule has 0 bridgehead atoms. The number of rotatable bonds is 2. The van der Waals surface area contributed by atoms with Crippen molar-refractivity contribution in [1.29, 1.82) is 0 Å². The van der Waals surface area contributed by atoms with Gasteiger partial charge in [-0.3, -0.25) is 0 Å². The maximum atomic E-state index is 5.33. The van der Waals surface area contributed by atoms with E-state index in [1.54, 1.807) is 0 Å². The van der Waals surface area contributed by atoms with Gasteiger partial charge in [0.05, 0.1) is 0 Å². The lowest BCUT2D eigenvalue weighted by atomic mass is 10.2. The van der Waals surface area contributed by atoms with Gasteiger partial charge in [-0.1, -0.05) is 17.9 Å². The number of anilines is 1. The molecule has 68 valence electrons. The van der Waals surface area contributed by atoms with E-state index in [-0.39, 0.29) is 0 Å². The van der Waals surface area contributed by atoms with Gasteiger partial charge in [-0.25, -0.2) is 0 Å². The Hall–Kier alpha value is -1.46. The molecule has 2 heteroatoms. The molecule has 0 fully saturated rings. The van der Waals surface area contributed by atoms with Gasteiger partial charge >= 0.3 is 0 Å². The van der Waals surface area contributed by atoms with Crippen molar-refractivity contribution >= 4 is 5.69 Å². The van der Waals surface area contributed by atoms with Crippen LogP contribution < -0.4 is 11.1 Å². The smallest absolute Gasteiger partial charge is 0.0350 e. The van der Waals surface area contributed by atoms with Crippen molar-refractivity contribution in [2.75, 3.05) is 18.9 Å². The lowest BCUT2D eigenvalue weighted by Crippen LogP contribution is -1.95. The van der Waals surface area contributed by atoms with Crippen molar-refractivity contribution in [2.45, 2.75) is 6.42 Å². The van der Waals surface area contributed by atoms with Crippen LogP contribution in [0.4, 0.5) is 5.69 Å². The third-order valence-corrected chi connectivity index (χ3v) is 1.65. The summed E-state index contributed by atoms with van der Waals surface area (Å²) < 4.78 is 0. The summed E-state index contributed by atoms with van der Waals surface area (Å²) in [4.78, 5) is 0. The molecule has 1 aromatic rings. The average Bonchev–Trinajstić information content (AvgIpc) is 2.19. The average molecular weight is 174 g/mol. The summed E-state index contributed by atoms with van der Waals surface area (Å²) in [5.74, 6) is 6.05. The lowest BCUT2D eigenvalue weighted by Gasteiger charge is -1.98. The van der Waals surface area contributed by atoms with Gasteiger partial charge in [0.2, 0.25) is 0 Å². The van der Waals surface area contributed by atoms with E-state index < -0.39 is 0 Å². The van der Waals surface area contributed by atoms with E-state index in [1.807, 2.05) is 31.3 Å². The second-order valence-corrected chi connectivity index (χ2v) is 2.67. The summed E-state index contributed by atoms with van der Waals surface area (Å²) in [6.45, 7) is 0.624. The van der Waals surface area contributed by atoms with Gasteiger partial charge in [0.1, 0.15) is 0 Å². The molecule has 0 heterocycles. The monoisotopic (exact) mass is 174 g/mol. The van der Waals surface area contributed by atoms with Crippen LogP contribution >= 0.6 is 0 Å². The van der Waals surface area contributed by atoms with Crippen LogP contribution in [0.25, 0.3) is 0 Å². The topological polar surface area (TPSA) is 38.0 Å². The zero-order valence-corrected chi connectivity index (χ0v) is 7.80. The summed E-state index contributed by atoms with van der Waals surface area (Å²) in [6.07, 6.45) is 0.754. The van der Waals surface area contributed by atoms with E-state index in [2.05, 4.69) is 17.2 Å². The van der Waals surface area contributed by atoms with Gasteiger partial charge in [0.25, 0.3) is 0 Å². The molecule has 0 aliphatic carbocycles. The zero-order valence-electron chi connectivity index (χ0n) is 7.80. The Labute approximate surface area is 79.1 Å². The predicted octanol–water partition coefficient (Wildman–Crippen LogP) is 1.43. The van der Waals surface area contributed by atoms with Gasteiger partial charge in [-0.05, 0) is 18.2 Å². The van der Waals surface area contributed by atoms with Crippen molar-refractivity contribution in [2.24, 2.45) is 5.73 Å². The van der Waals surface area contributed by atoms with Crippen molar-refractivity contribution in [1.82, 2.24) is 0 Å². The van der Waals surface area contributed by atoms with Gasteiger partial charge in [0, 0.05) is 31.3 Å². The Kier molecular flexibility index (Phi) is 3.87. The molecule has 0 atom stereocenters. The van der Waals surface area contributed by atoms with Crippen LogP contribution in [0.5, 0.6) is 0 Å². The molecule has 0 aromatic heterocycles. The minimum Gasteiger partial charge on any atom is -0.388 e. The highest BCUT2D eigenvalue weighted by molar-refractivity contribution is 5.49. The highest BCUT2D eigenvalue weighted by Gasteiger charge is 1.88. The molecule has 13 heavy (non-hydrogen) atoms. The zero-order chi connectivity index (χ0) is 9.52. The molecular formula is C11H14N2. The molecule has 1 aromatic carbocycles. The quantitative estimate of drug-likeness (QED) is 0.666. The van der Waals surface area contributed by atoms with Crippen LogP contribution in [0, 0.1) is 11.8 Å². The molecule has 0 amide bonds. The number of benzene rings is 1. The second kappa shape index (κ2) is 5.23. The molecule has 0 aliphatic heterocycles. The number of nitrogens with two attached hydrogens (primary N) is 1. The fourth-order valence-corrected chi connectivity index (χ4v) is 0.989. The minimum absolute atomic E-state index is 0.624. The molecule has 0 aliphatic rings. The highest BCUT2D eigenvalue weighted by atomic mass is 14.8. The predicted molar refractivity (Wildman–Crippen MR) is 56.5 cm³/mol. The summed E-state index contributed by atoms with van der Waals surface area (Å²) in [6, 6.07) is 8.00. The highest BCUT2D eigenvalue weighted by Crippen LogP contribution is 2.08. The molecule has 2 nitrogen and oxygen atoms in total. The number of nitrogens with one attached hydrogen (secondary N) is 1. The summed E-state index contributed by atoms with van der Waals surface area (Å²) in [5.41, 5.74) is 7.44. The molecule has 0 saturated carbocycles. The first kappa shape index (κ1) is 9.63. The van der Waals surface area contributed by atoms with Crippen LogP contribution in [0.2, 0.25) is 0 Å². The Morgan fingerprint density at radius 1 is 1.46 bits per heavy atom. The number of hydrogen-bond acceptors (Lipinski definition) is 2. The third-order valence-electron chi connectivity index (χ3n) is 1.65. The molecular weight excluding hydrogens is 160 g/mol. The van der Waals surface area contributed by atoms with E-state index in [4.69, 9.17) is 5.73 Å². The number of hydrogen-bond donors (Lipinski definition) is 2. The van der Waals surface area contributed by atoms with E-state index in [0.29, 0.717) is 6.54 Å². The molecule has 0 radical (unpaired) electrons. The minimum atomic E-state index is 0.624. The molecule has 0 saturated heterocycles. The van der Waals surface area contributed by atoms with Crippen LogP contribution in [0.3, 0.4) is 0 Å². The largest absolute Gasteiger partial charge is 0.388 e. The first-order valence-corrected chi connectivity index (χ1v) is 4.33. The maximum absolute atomic E-state index is 5.33. The van der Waals surface area contributed by atoms with Crippen LogP contribution in [-0.2, 0) is 0 Å². The molecule has 3 N–H and O–H groups in total. The molecule has 0 spiro atoms. The van der Waals surface area contributed by atoms with Crippen molar-refractivity contribution < 1.29 is 0 Å². The maximum Gasteiger partial charge on any atom is 0.0350 e. The van der Waals surface area contributed by atoms with Gasteiger partial charge < -0.3 is 11.1 Å². The first-order chi connectivity index (χ1) is 6.36. The SMILES string of the molecule is CNc1cccc(C#CCCN)c1. The Bertz CT molecular complexity index is 320. The first-order valence-electron chi connectivity index (χ1n) is 4.33. The summed E-state index contributed by atoms with van der Waals surface area (Å²) >= 11 is 0. The fraction of sp³-hybridized carbons (Fsp3) is 0.273. The van der Waals surface area contributed by atoms with Gasteiger partial charge in [-0.15, -0.1) is 0 Å². The normalized spacial score (nSPS) is 8.77. The Morgan fingerprint density at radius 2 is 2.31 bits per heavy atom. The second-order valence-electron chi connectivity index (χ2n) is 2.67. The Morgan fingerprint density at radius 3 is 3.00 bits per heavy atom. The molecule has 0 unspecified atom stereocenters. The van der Waals surface area contributed by atoms with E-state index >= 15 is 0 Å². The van der Waals surface area contributed by atoms with E-state index in [0.717, 1.165) is 17.7 Å². The third kappa shape index (κ3) is 3.18. The Balaban J connectivity index is 2.73. The van der Waals surface area contributed by atoms with Gasteiger partial charge in [0.15, 0.2) is 0 Å². The fourth-order valence-electron chi connectivity index (χ4n) is 0.989. The van der Waals surface area contributed by atoms with Crippen LogP contribution in [-0.4, -0.2) is 13.6 Å². The van der Waals surface area contributed by atoms with Crippen molar-refractivity contribution in [3.05, 3.63) is 29.8 Å².